The van der Waals surface area contributed by atoms with Crippen molar-refractivity contribution in [3.8, 4) is 5.75 Å². The average molecular weight is 393 g/mol. The van der Waals surface area contributed by atoms with Crippen LogP contribution in [0.5, 0.6) is 5.75 Å². The Hall–Kier alpha value is -2.90. The van der Waals surface area contributed by atoms with Crippen LogP contribution in [-0.2, 0) is 9.53 Å². The zero-order valence-corrected chi connectivity index (χ0v) is 14.7. The number of nitrogens with zero attached hydrogens (tertiary/aromatic N) is 2. The fraction of sp³-hybridized carbons (Fsp3) is 0.0588. The number of halogens is 2. The van der Waals surface area contributed by atoms with Gasteiger partial charge < -0.3 is 9.47 Å². The van der Waals surface area contributed by atoms with Gasteiger partial charge in [0.2, 0.25) is 5.90 Å². The van der Waals surface area contributed by atoms with Crippen molar-refractivity contribution >= 4 is 46.8 Å². The molecule has 26 heavy (non-hydrogen) atoms. The van der Waals surface area contributed by atoms with Gasteiger partial charge in [0.25, 0.3) is 0 Å². The van der Waals surface area contributed by atoms with Crippen molar-refractivity contribution in [2.75, 3.05) is 7.11 Å². The zero-order valence-electron chi connectivity index (χ0n) is 13.2. The molecule has 1 heterocycles. The number of ether oxygens (including phenoxy) is 2. The van der Waals surface area contributed by atoms with E-state index in [-0.39, 0.29) is 28.1 Å². The number of hydrogen-bond donors (Lipinski definition) is 0. The lowest BCUT2D eigenvalue weighted by Gasteiger charge is -2.02. The van der Waals surface area contributed by atoms with Gasteiger partial charge in [0, 0.05) is 11.1 Å². The summed E-state index contributed by atoms with van der Waals surface area (Å²) in [5.41, 5.74) is 0.578. The predicted molar refractivity (Wildman–Crippen MR) is 96.7 cm³/mol. The number of methoxy groups -OCH3 is 1. The van der Waals surface area contributed by atoms with Crippen molar-refractivity contribution < 1.29 is 19.2 Å². The molecule has 0 radical (unpaired) electrons. The quantitative estimate of drug-likeness (QED) is 0.335. The third kappa shape index (κ3) is 3.54. The molecule has 0 atom stereocenters. The van der Waals surface area contributed by atoms with Crippen molar-refractivity contribution in [2.24, 2.45) is 4.99 Å². The average Bonchev–Trinajstić information content (AvgIpc) is 2.95. The molecule has 7 nitrogen and oxygen atoms in total. The van der Waals surface area contributed by atoms with Crippen molar-refractivity contribution in [3.05, 3.63) is 73.4 Å². The van der Waals surface area contributed by atoms with Crippen molar-refractivity contribution in [3.63, 3.8) is 0 Å². The van der Waals surface area contributed by atoms with E-state index in [9.17, 15) is 14.9 Å². The second kappa shape index (κ2) is 7.15. The lowest BCUT2D eigenvalue weighted by atomic mass is 10.1. The van der Waals surface area contributed by atoms with Crippen molar-refractivity contribution in [2.45, 2.75) is 0 Å². The van der Waals surface area contributed by atoms with E-state index in [2.05, 4.69) is 4.99 Å². The summed E-state index contributed by atoms with van der Waals surface area (Å²) in [5, 5.41) is 11.8. The Labute approximate surface area is 157 Å². The number of esters is 1. The zero-order chi connectivity index (χ0) is 18.8. The summed E-state index contributed by atoms with van der Waals surface area (Å²) in [6.07, 6.45) is 1.38. The standard InChI is InChI=1S/C17H10Cl2N2O5/c1-25-15-5-2-9(7-14(15)21(23)24)6-13-17(22)26-16(20-13)11-4-3-10(18)8-12(11)19/h2-8H,1H3. The number of nitro benzene ring substituents is 1. The Bertz CT molecular complexity index is 985. The number of hydrogen-bond acceptors (Lipinski definition) is 6. The number of benzene rings is 2. The van der Waals surface area contributed by atoms with Gasteiger partial charge in [-0.25, -0.2) is 9.79 Å². The van der Waals surface area contributed by atoms with Gasteiger partial charge in [0.15, 0.2) is 11.4 Å². The van der Waals surface area contributed by atoms with Crippen LogP contribution in [-0.4, -0.2) is 23.9 Å². The Morgan fingerprint density at radius 3 is 2.65 bits per heavy atom. The summed E-state index contributed by atoms with van der Waals surface area (Å²) >= 11 is 11.9. The summed E-state index contributed by atoms with van der Waals surface area (Å²) in [5.74, 6) is -0.543. The maximum Gasteiger partial charge on any atom is 0.363 e. The molecular formula is C17H10Cl2N2O5. The Morgan fingerprint density at radius 1 is 1.23 bits per heavy atom. The molecule has 0 N–H and O–H groups in total. The van der Waals surface area contributed by atoms with Crippen LogP contribution in [0.4, 0.5) is 5.69 Å². The molecule has 2 aromatic carbocycles. The number of rotatable bonds is 4. The van der Waals surface area contributed by atoms with Gasteiger partial charge in [-0.2, -0.15) is 0 Å². The SMILES string of the molecule is COc1ccc(C=C2N=C(c3ccc(Cl)cc3Cl)OC2=O)cc1[N+](=O)[O-]. The molecule has 0 spiro atoms. The highest BCUT2D eigenvalue weighted by Crippen LogP contribution is 2.30. The van der Waals surface area contributed by atoms with E-state index in [0.29, 0.717) is 16.1 Å². The molecule has 0 fully saturated rings. The van der Waals surface area contributed by atoms with Crippen LogP contribution < -0.4 is 4.74 Å². The summed E-state index contributed by atoms with van der Waals surface area (Å²) in [6, 6.07) is 8.96. The van der Waals surface area contributed by atoms with Crippen LogP contribution in [0.25, 0.3) is 6.08 Å². The molecule has 0 unspecified atom stereocenters. The molecule has 3 rings (SSSR count). The van der Waals surface area contributed by atoms with Gasteiger partial charge in [-0.05, 0) is 35.9 Å². The first-order valence-electron chi connectivity index (χ1n) is 7.19. The first-order chi connectivity index (χ1) is 12.4. The monoisotopic (exact) mass is 392 g/mol. The van der Waals surface area contributed by atoms with Gasteiger partial charge >= 0.3 is 11.7 Å². The molecule has 0 bridgehead atoms. The van der Waals surface area contributed by atoms with E-state index in [0.717, 1.165) is 0 Å². The smallest absolute Gasteiger partial charge is 0.363 e. The molecule has 1 aliphatic rings. The summed E-state index contributed by atoms with van der Waals surface area (Å²) < 4.78 is 10.1. The Kier molecular flexibility index (Phi) is 4.92. The number of carbonyl (C=O) groups excluding carboxylic acids is 1. The molecule has 2 aromatic rings. The highest BCUT2D eigenvalue weighted by Gasteiger charge is 2.26. The number of carbonyl (C=O) groups is 1. The minimum absolute atomic E-state index is 0.00881. The van der Waals surface area contributed by atoms with Crippen LogP contribution in [0, 0.1) is 10.1 Å². The third-order valence-electron chi connectivity index (χ3n) is 3.49. The normalized spacial score (nSPS) is 15.0. The van der Waals surface area contributed by atoms with E-state index in [1.54, 1.807) is 18.2 Å². The van der Waals surface area contributed by atoms with Crippen LogP contribution in [0.3, 0.4) is 0 Å². The summed E-state index contributed by atoms with van der Waals surface area (Å²) in [7, 11) is 1.33. The number of aliphatic imine (C=N–C) groups is 1. The molecule has 9 heteroatoms. The van der Waals surface area contributed by atoms with Crippen LogP contribution in [0.15, 0.2) is 47.1 Å². The predicted octanol–water partition coefficient (Wildman–Crippen LogP) is 4.25. The van der Waals surface area contributed by atoms with E-state index in [1.807, 2.05) is 0 Å². The van der Waals surface area contributed by atoms with Gasteiger partial charge in [0.05, 0.1) is 22.6 Å². The molecule has 0 amide bonds. The second-order valence-corrected chi connectivity index (χ2v) is 5.99. The maximum absolute atomic E-state index is 12.0. The largest absolute Gasteiger partial charge is 0.490 e. The van der Waals surface area contributed by atoms with Crippen molar-refractivity contribution in [1.82, 2.24) is 0 Å². The van der Waals surface area contributed by atoms with Crippen LogP contribution in [0.2, 0.25) is 10.0 Å². The fourth-order valence-electron chi connectivity index (χ4n) is 2.28. The highest BCUT2D eigenvalue weighted by molar-refractivity contribution is 6.37. The Morgan fingerprint density at radius 2 is 2.00 bits per heavy atom. The third-order valence-corrected chi connectivity index (χ3v) is 4.03. The summed E-state index contributed by atoms with van der Waals surface area (Å²) in [4.78, 5) is 26.7. The van der Waals surface area contributed by atoms with Gasteiger partial charge in [-0.3, -0.25) is 10.1 Å². The van der Waals surface area contributed by atoms with Crippen molar-refractivity contribution in [1.29, 1.82) is 0 Å². The number of cyclic esters (lactones) is 1. The molecule has 0 saturated carbocycles. The lowest BCUT2D eigenvalue weighted by molar-refractivity contribution is -0.385. The van der Waals surface area contributed by atoms with E-state index in [1.165, 1.54) is 31.4 Å². The lowest BCUT2D eigenvalue weighted by Crippen LogP contribution is -2.05. The van der Waals surface area contributed by atoms with Crippen LogP contribution in [0.1, 0.15) is 11.1 Å². The Balaban J connectivity index is 1.99. The second-order valence-electron chi connectivity index (χ2n) is 5.15. The first-order valence-corrected chi connectivity index (χ1v) is 7.95. The van der Waals surface area contributed by atoms with Crippen LogP contribution >= 0.6 is 23.2 Å². The maximum atomic E-state index is 12.0. The molecule has 0 saturated heterocycles. The topological polar surface area (TPSA) is 91.0 Å². The minimum atomic E-state index is -0.690. The fourth-order valence-corrected chi connectivity index (χ4v) is 2.77. The van der Waals surface area contributed by atoms with Gasteiger partial charge in [0.1, 0.15) is 0 Å². The van der Waals surface area contributed by atoms with E-state index in [4.69, 9.17) is 32.7 Å². The van der Waals surface area contributed by atoms with Gasteiger partial charge in [-0.1, -0.05) is 29.3 Å². The summed E-state index contributed by atoms with van der Waals surface area (Å²) in [6.45, 7) is 0. The van der Waals surface area contributed by atoms with E-state index < -0.39 is 10.9 Å². The molecule has 1 aliphatic heterocycles. The van der Waals surface area contributed by atoms with E-state index >= 15 is 0 Å². The molecular weight excluding hydrogens is 383 g/mol. The molecule has 0 aromatic heterocycles. The van der Waals surface area contributed by atoms with Gasteiger partial charge in [-0.15, -0.1) is 0 Å². The number of nitro groups is 1. The molecule has 132 valence electrons. The minimum Gasteiger partial charge on any atom is -0.490 e. The first kappa shape index (κ1) is 17.9. The molecule has 0 aliphatic carbocycles. The highest BCUT2D eigenvalue weighted by atomic mass is 35.5.